The summed E-state index contributed by atoms with van der Waals surface area (Å²) in [4.78, 5) is 46.5. The summed E-state index contributed by atoms with van der Waals surface area (Å²) >= 11 is 11.9. The van der Waals surface area contributed by atoms with E-state index in [9.17, 15) is 29.8 Å². The van der Waals surface area contributed by atoms with Gasteiger partial charge in [-0.15, -0.1) is 0 Å². The van der Waals surface area contributed by atoms with Crippen LogP contribution in [-0.4, -0.2) is 21.7 Å². The number of nitrogens with zero attached hydrogens (tertiary/aromatic N) is 2. The first-order valence-electron chi connectivity index (χ1n) is 9.12. The van der Waals surface area contributed by atoms with Gasteiger partial charge in [-0.2, -0.15) is 0 Å². The van der Waals surface area contributed by atoms with Crippen molar-refractivity contribution in [2.45, 2.75) is 6.10 Å². The second kappa shape index (κ2) is 10.1. The largest absolute Gasteiger partial charge is 0.443 e. The van der Waals surface area contributed by atoms with Gasteiger partial charge in [-0.3, -0.25) is 25.0 Å². The van der Waals surface area contributed by atoms with Crippen molar-refractivity contribution in [1.29, 1.82) is 0 Å². The molecule has 1 atom stereocenters. The number of nitro benzene ring substituents is 2. The number of carbonyl (C=O) groups is 2. The molecule has 0 spiro atoms. The molecule has 10 nitrogen and oxygen atoms in total. The SMILES string of the molecule is O=C(OC(C(=O)Nc1ccc([N+](=O)[O-])cc1Cl)c1ccccc1)c1cc(Cl)ccc1[N+](=O)[O-]. The van der Waals surface area contributed by atoms with Crippen molar-refractivity contribution in [2.24, 2.45) is 0 Å². The zero-order valence-electron chi connectivity index (χ0n) is 16.4. The second-order valence-corrected chi connectivity index (χ2v) is 7.37. The molecule has 1 N–H and O–H groups in total. The number of halogens is 2. The lowest BCUT2D eigenvalue weighted by molar-refractivity contribution is -0.385. The average Bonchev–Trinajstić information content (AvgIpc) is 2.78. The second-order valence-electron chi connectivity index (χ2n) is 6.53. The van der Waals surface area contributed by atoms with E-state index < -0.39 is 39.1 Å². The maximum absolute atomic E-state index is 13.0. The molecule has 0 aliphatic rings. The van der Waals surface area contributed by atoms with Crippen LogP contribution in [-0.2, 0) is 9.53 Å². The molecule has 1 amide bonds. The molecule has 0 fully saturated rings. The Labute approximate surface area is 196 Å². The van der Waals surface area contributed by atoms with E-state index >= 15 is 0 Å². The molecule has 0 heterocycles. The molecule has 33 heavy (non-hydrogen) atoms. The fourth-order valence-corrected chi connectivity index (χ4v) is 3.21. The van der Waals surface area contributed by atoms with Crippen molar-refractivity contribution in [1.82, 2.24) is 0 Å². The van der Waals surface area contributed by atoms with E-state index in [1.165, 1.54) is 24.3 Å². The Hall–Kier alpha value is -4.02. The fraction of sp³-hybridized carbons (Fsp3) is 0.0476. The Morgan fingerprint density at radius 3 is 2.21 bits per heavy atom. The lowest BCUT2D eigenvalue weighted by Crippen LogP contribution is -2.26. The molecule has 0 aliphatic carbocycles. The van der Waals surface area contributed by atoms with Crippen molar-refractivity contribution in [3.63, 3.8) is 0 Å². The number of anilines is 1. The molecule has 0 saturated heterocycles. The van der Waals surface area contributed by atoms with Gasteiger partial charge in [0, 0.05) is 28.8 Å². The Balaban J connectivity index is 1.93. The van der Waals surface area contributed by atoms with E-state index in [-0.39, 0.29) is 27.0 Å². The highest BCUT2D eigenvalue weighted by Crippen LogP contribution is 2.30. The lowest BCUT2D eigenvalue weighted by Gasteiger charge is -2.18. The first kappa shape index (κ1) is 23.6. The summed E-state index contributed by atoms with van der Waals surface area (Å²) in [5.41, 5.74) is -0.953. The summed E-state index contributed by atoms with van der Waals surface area (Å²) in [5.74, 6) is -1.99. The van der Waals surface area contributed by atoms with Crippen molar-refractivity contribution in [3.8, 4) is 0 Å². The zero-order valence-corrected chi connectivity index (χ0v) is 17.9. The van der Waals surface area contributed by atoms with Crippen molar-refractivity contribution in [3.05, 3.63) is 108 Å². The van der Waals surface area contributed by atoms with Crippen LogP contribution >= 0.6 is 23.2 Å². The lowest BCUT2D eigenvalue weighted by atomic mass is 10.1. The van der Waals surface area contributed by atoms with E-state index in [1.807, 2.05) is 0 Å². The predicted octanol–water partition coefficient (Wildman–Crippen LogP) is 5.35. The summed E-state index contributed by atoms with van der Waals surface area (Å²) in [6, 6.07) is 14.7. The van der Waals surface area contributed by atoms with Gasteiger partial charge < -0.3 is 10.1 Å². The van der Waals surface area contributed by atoms with Crippen LogP contribution in [0, 0.1) is 20.2 Å². The average molecular weight is 490 g/mol. The molecule has 3 aromatic carbocycles. The molecule has 168 valence electrons. The maximum Gasteiger partial charge on any atom is 0.346 e. The number of non-ortho nitro benzene ring substituents is 1. The number of nitrogens with one attached hydrogen (secondary N) is 1. The monoisotopic (exact) mass is 489 g/mol. The number of esters is 1. The third kappa shape index (κ3) is 5.62. The molecule has 3 rings (SSSR count). The molecule has 0 radical (unpaired) electrons. The van der Waals surface area contributed by atoms with Crippen molar-refractivity contribution in [2.75, 3.05) is 5.32 Å². The number of rotatable bonds is 7. The van der Waals surface area contributed by atoms with Crippen LogP contribution in [0.1, 0.15) is 22.0 Å². The van der Waals surface area contributed by atoms with Gasteiger partial charge in [-0.05, 0) is 18.2 Å². The molecule has 0 aromatic heterocycles. The molecule has 3 aromatic rings. The topological polar surface area (TPSA) is 142 Å². The normalized spacial score (nSPS) is 11.3. The van der Waals surface area contributed by atoms with Gasteiger partial charge in [0.1, 0.15) is 5.56 Å². The van der Waals surface area contributed by atoms with Crippen LogP contribution in [0.25, 0.3) is 0 Å². The number of hydrogen-bond acceptors (Lipinski definition) is 7. The molecule has 0 aliphatic heterocycles. The minimum Gasteiger partial charge on any atom is -0.443 e. The number of nitro groups is 2. The van der Waals surface area contributed by atoms with Gasteiger partial charge in [0.2, 0.25) is 6.10 Å². The standard InChI is InChI=1S/C21H13Cl2N3O7/c22-13-6-9-18(26(31)32)15(10-13)21(28)33-19(12-4-2-1-3-5-12)20(27)24-17-8-7-14(25(29)30)11-16(17)23/h1-11,19H,(H,24,27). The zero-order chi connectivity index (χ0) is 24.1. The summed E-state index contributed by atoms with van der Waals surface area (Å²) in [6.45, 7) is 0. The first-order chi connectivity index (χ1) is 15.7. The molecule has 1 unspecified atom stereocenters. The minimum atomic E-state index is -1.52. The van der Waals surface area contributed by atoms with E-state index in [1.54, 1.807) is 18.2 Å². The third-order valence-electron chi connectivity index (χ3n) is 4.36. The highest BCUT2D eigenvalue weighted by atomic mass is 35.5. The van der Waals surface area contributed by atoms with Crippen LogP contribution in [0.15, 0.2) is 66.7 Å². The third-order valence-corrected chi connectivity index (χ3v) is 4.91. The maximum atomic E-state index is 13.0. The van der Waals surface area contributed by atoms with Gasteiger partial charge in [0.25, 0.3) is 17.3 Å². The van der Waals surface area contributed by atoms with Crippen molar-refractivity contribution < 1.29 is 24.2 Å². The Kier molecular flexibility index (Phi) is 7.21. The highest BCUT2D eigenvalue weighted by Gasteiger charge is 2.30. The Morgan fingerprint density at radius 1 is 0.909 bits per heavy atom. The van der Waals surface area contributed by atoms with Crippen molar-refractivity contribution >= 4 is 52.1 Å². The van der Waals surface area contributed by atoms with Gasteiger partial charge in [0.05, 0.1) is 20.6 Å². The minimum absolute atomic E-state index is 0.0398. The van der Waals surface area contributed by atoms with E-state index in [2.05, 4.69) is 5.32 Å². The van der Waals surface area contributed by atoms with Crippen LogP contribution in [0.2, 0.25) is 10.0 Å². The van der Waals surface area contributed by atoms with E-state index in [4.69, 9.17) is 27.9 Å². The Bertz CT molecular complexity index is 1250. The van der Waals surface area contributed by atoms with Crippen LogP contribution in [0.5, 0.6) is 0 Å². The predicted molar refractivity (Wildman–Crippen MR) is 119 cm³/mol. The summed E-state index contributed by atoms with van der Waals surface area (Å²) in [6.07, 6.45) is -1.52. The van der Waals surface area contributed by atoms with Gasteiger partial charge in [-0.25, -0.2) is 4.79 Å². The van der Waals surface area contributed by atoms with Gasteiger partial charge in [-0.1, -0.05) is 53.5 Å². The number of benzene rings is 3. The molecular weight excluding hydrogens is 477 g/mol. The fourth-order valence-electron chi connectivity index (χ4n) is 2.82. The number of carbonyl (C=O) groups excluding carboxylic acids is 2. The quantitative estimate of drug-likeness (QED) is 0.267. The van der Waals surface area contributed by atoms with Crippen LogP contribution < -0.4 is 5.32 Å². The highest BCUT2D eigenvalue weighted by molar-refractivity contribution is 6.34. The molecule has 12 heteroatoms. The summed E-state index contributed by atoms with van der Waals surface area (Å²) in [7, 11) is 0. The number of ether oxygens (including phenoxy) is 1. The first-order valence-corrected chi connectivity index (χ1v) is 9.87. The van der Waals surface area contributed by atoms with Gasteiger partial charge in [0.15, 0.2) is 0 Å². The molecule has 0 bridgehead atoms. The smallest absolute Gasteiger partial charge is 0.346 e. The number of hydrogen-bond donors (Lipinski definition) is 1. The van der Waals surface area contributed by atoms with E-state index in [0.29, 0.717) is 0 Å². The van der Waals surface area contributed by atoms with E-state index in [0.717, 1.165) is 24.3 Å². The van der Waals surface area contributed by atoms with Crippen LogP contribution in [0.3, 0.4) is 0 Å². The summed E-state index contributed by atoms with van der Waals surface area (Å²) in [5, 5.41) is 24.6. The summed E-state index contributed by atoms with van der Waals surface area (Å²) < 4.78 is 5.34. The van der Waals surface area contributed by atoms with Gasteiger partial charge >= 0.3 is 5.97 Å². The number of amides is 1. The molecule has 0 saturated carbocycles. The molecular formula is C21H13Cl2N3O7. The van der Waals surface area contributed by atoms with Crippen LogP contribution in [0.4, 0.5) is 17.1 Å². The Morgan fingerprint density at radius 2 is 1.61 bits per heavy atom.